The lowest BCUT2D eigenvalue weighted by atomic mass is 10.2. The molecule has 2 atom stereocenters. The lowest BCUT2D eigenvalue weighted by Crippen LogP contribution is -2.46. The molecule has 1 aliphatic rings. The third-order valence-corrected chi connectivity index (χ3v) is 2.33. The third-order valence-electron chi connectivity index (χ3n) is 2.33. The first-order chi connectivity index (χ1) is 6.81. The van der Waals surface area contributed by atoms with Gasteiger partial charge in [0.25, 0.3) is 0 Å². The summed E-state index contributed by atoms with van der Waals surface area (Å²) in [7, 11) is 1.65. The zero-order chi connectivity index (χ0) is 11.6. The van der Waals surface area contributed by atoms with E-state index in [1.807, 2.05) is 20.8 Å². The molecule has 0 aromatic heterocycles. The van der Waals surface area contributed by atoms with Gasteiger partial charge in [-0.2, -0.15) is 0 Å². The lowest BCUT2D eigenvalue weighted by molar-refractivity contribution is 0.0113. The predicted octanol–water partition coefficient (Wildman–Crippen LogP) is 0.186. The molecule has 0 aromatic rings. The number of aliphatic hydroxyl groups excluding tert-OH is 1. The molecular weight excluding hydrogens is 196 g/mol. The molecule has 2 N–H and O–H groups in total. The van der Waals surface area contributed by atoms with E-state index in [-0.39, 0.29) is 6.04 Å². The first-order valence-corrected chi connectivity index (χ1v) is 5.16. The van der Waals surface area contributed by atoms with Crippen molar-refractivity contribution >= 4 is 6.09 Å². The number of β-amino-alcohol motifs (C(OH)–C–C–N with tert-alkyl or cyclic N) is 1. The molecular formula is C10H20N2O3. The van der Waals surface area contributed by atoms with Gasteiger partial charge in [0.2, 0.25) is 0 Å². The molecule has 1 saturated heterocycles. The number of carbonyl (C=O) groups excluding carboxylic acids is 1. The fourth-order valence-electron chi connectivity index (χ4n) is 1.52. The second-order valence-corrected chi connectivity index (χ2v) is 4.88. The van der Waals surface area contributed by atoms with Gasteiger partial charge in [0.1, 0.15) is 5.60 Å². The van der Waals surface area contributed by atoms with Crippen molar-refractivity contribution < 1.29 is 14.6 Å². The number of rotatable bonds is 1. The van der Waals surface area contributed by atoms with Crippen molar-refractivity contribution in [2.24, 2.45) is 0 Å². The number of likely N-dealkylation sites (N-methyl/N-ethyl adjacent to an activating group) is 1. The van der Waals surface area contributed by atoms with Crippen molar-refractivity contribution in [1.82, 2.24) is 10.2 Å². The Morgan fingerprint density at radius 3 is 2.47 bits per heavy atom. The van der Waals surface area contributed by atoms with Crippen LogP contribution in [0, 0.1) is 0 Å². The van der Waals surface area contributed by atoms with Crippen LogP contribution in [0.1, 0.15) is 20.8 Å². The number of carbonyl (C=O) groups is 1. The smallest absolute Gasteiger partial charge is 0.410 e. The van der Waals surface area contributed by atoms with Crippen LogP contribution in [0.2, 0.25) is 0 Å². The molecule has 0 saturated carbocycles. The fraction of sp³-hybridized carbons (Fsp3) is 0.900. The Bertz CT molecular complexity index is 237. The first kappa shape index (κ1) is 12.3. The van der Waals surface area contributed by atoms with Crippen LogP contribution in [0.5, 0.6) is 0 Å². The van der Waals surface area contributed by atoms with Crippen molar-refractivity contribution in [2.45, 2.75) is 38.5 Å². The molecule has 1 aliphatic heterocycles. The largest absolute Gasteiger partial charge is 0.444 e. The zero-order valence-corrected chi connectivity index (χ0v) is 9.78. The number of ether oxygens (including phenoxy) is 1. The molecule has 0 radical (unpaired) electrons. The minimum atomic E-state index is -0.512. The summed E-state index contributed by atoms with van der Waals surface area (Å²) in [5.74, 6) is 0. The van der Waals surface area contributed by atoms with Gasteiger partial charge < -0.3 is 20.1 Å². The highest BCUT2D eigenvalue weighted by Crippen LogP contribution is 2.13. The fourth-order valence-corrected chi connectivity index (χ4v) is 1.52. The lowest BCUT2D eigenvalue weighted by Gasteiger charge is -2.29. The van der Waals surface area contributed by atoms with E-state index >= 15 is 0 Å². The van der Waals surface area contributed by atoms with E-state index in [0.717, 1.165) is 0 Å². The first-order valence-electron chi connectivity index (χ1n) is 5.16. The van der Waals surface area contributed by atoms with Gasteiger partial charge in [-0.05, 0) is 20.8 Å². The Morgan fingerprint density at radius 1 is 1.47 bits per heavy atom. The minimum Gasteiger partial charge on any atom is -0.444 e. The highest BCUT2D eigenvalue weighted by molar-refractivity contribution is 5.68. The number of hydrogen-bond acceptors (Lipinski definition) is 4. The topological polar surface area (TPSA) is 61.8 Å². The summed E-state index contributed by atoms with van der Waals surface area (Å²) in [6.45, 7) is 6.60. The summed E-state index contributed by atoms with van der Waals surface area (Å²) in [6.07, 6.45) is -0.905. The quantitative estimate of drug-likeness (QED) is 0.656. The number of nitrogens with one attached hydrogen (secondary N) is 1. The molecule has 1 fully saturated rings. The maximum absolute atomic E-state index is 11.7. The number of amides is 1. The van der Waals surface area contributed by atoms with Crippen molar-refractivity contribution in [3.63, 3.8) is 0 Å². The third kappa shape index (κ3) is 3.35. The van der Waals surface area contributed by atoms with Crippen molar-refractivity contribution in [2.75, 3.05) is 20.1 Å². The van der Waals surface area contributed by atoms with Crippen LogP contribution in [-0.2, 0) is 4.74 Å². The molecule has 0 aliphatic carbocycles. The monoisotopic (exact) mass is 216 g/mol. The predicted molar refractivity (Wildman–Crippen MR) is 56.7 cm³/mol. The number of hydrogen-bond donors (Lipinski definition) is 2. The molecule has 1 amide bonds. The Balaban J connectivity index is 2.52. The van der Waals surface area contributed by atoms with Crippen molar-refractivity contribution in [1.29, 1.82) is 0 Å². The van der Waals surface area contributed by atoms with E-state index in [2.05, 4.69) is 5.32 Å². The van der Waals surface area contributed by atoms with Crippen LogP contribution in [0.25, 0.3) is 0 Å². The van der Waals surface area contributed by atoms with Crippen LogP contribution >= 0.6 is 0 Å². The molecule has 88 valence electrons. The van der Waals surface area contributed by atoms with E-state index in [4.69, 9.17) is 4.74 Å². The summed E-state index contributed by atoms with van der Waals surface area (Å²) < 4.78 is 5.21. The Kier molecular flexibility index (Phi) is 3.57. The number of aliphatic hydroxyl groups is 1. The highest BCUT2D eigenvalue weighted by atomic mass is 16.6. The van der Waals surface area contributed by atoms with E-state index in [1.54, 1.807) is 7.05 Å². The van der Waals surface area contributed by atoms with E-state index in [0.29, 0.717) is 13.1 Å². The van der Waals surface area contributed by atoms with Gasteiger partial charge >= 0.3 is 6.09 Å². The van der Waals surface area contributed by atoms with Gasteiger partial charge in [-0.3, -0.25) is 0 Å². The van der Waals surface area contributed by atoms with Crippen LogP contribution in [0.4, 0.5) is 4.79 Å². The average Bonchev–Trinajstić information content (AvgIpc) is 2.47. The minimum absolute atomic E-state index is 0.195. The van der Waals surface area contributed by atoms with Crippen LogP contribution in [0.3, 0.4) is 0 Å². The second kappa shape index (κ2) is 4.37. The van der Waals surface area contributed by atoms with Gasteiger partial charge in [-0.15, -0.1) is 0 Å². The van der Waals surface area contributed by atoms with Gasteiger partial charge in [0.05, 0.1) is 12.1 Å². The molecule has 5 heteroatoms. The summed E-state index contributed by atoms with van der Waals surface area (Å²) in [6, 6.07) is -0.195. The SMILES string of the molecule is CN(C(=O)OC(C)(C)C)C1CNCC1O. The maximum Gasteiger partial charge on any atom is 0.410 e. The Hall–Kier alpha value is -0.810. The normalized spacial score (nSPS) is 26.5. The summed E-state index contributed by atoms with van der Waals surface area (Å²) in [4.78, 5) is 13.1. The van der Waals surface area contributed by atoms with Gasteiger partial charge in [0, 0.05) is 20.1 Å². The summed E-state index contributed by atoms with van der Waals surface area (Å²) in [5.41, 5.74) is -0.498. The maximum atomic E-state index is 11.7. The van der Waals surface area contributed by atoms with E-state index < -0.39 is 17.8 Å². The van der Waals surface area contributed by atoms with Gasteiger partial charge in [0.15, 0.2) is 0 Å². The number of nitrogens with zero attached hydrogens (tertiary/aromatic N) is 1. The zero-order valence-electron chi connectivity index (χ0n) is 9.78. The molecule has 15 heavy (non-hydrogen) atoms. The van der Waals surface area contributed by atoms with Crippen molar-refractivity contribution in [3.8, 4) is 0 Å². The van der Waals surface area contributed by atoms with Gasteiger partial charge in [-0.25, -0.2) is 4.79 Å². The van der Waals surface area contributed by atoms with E-state index in [1.165, 1.54) is 4.90 Å². The molecule has 1 heterocycles. The highest BCUT2D eigenvalue weighted by Gasteiger charge is 2.33. The molecule has 5 nitrogen and oxygen atoms in total. The Morgan fingerprint density at radius 2 is 2.07 bits per heavy atom. The molecule has 0 aromatic carbocycles. The van der Waals surface area contributed by atoms with Crippen LogP contribution < -0.4 is 5.32 Å². The molecule has 1 rings (SSSR count). The van der Waals surface area contributed by atoms with E-state index in [9.17, 15) is 9.90 Å². The van der Waals surface area contributed by atoms with Crippen molar-refractivity contribution in [3.05, 3.63) is 0 Å². The summed E-state index contributed by atoms with van der Waals surface area (Å²) >= 11 is 0. The van der Waals surface area contributed by atoms with Crippen LogP contribution in [-0.4, -0.2) is 54.0 Å². The molecule has 0 bridgehead atoms. The van der Waals surface area contributed by atoms with Crippen LogP contribution in [0.15, 0.2) is 0 Å². The average molecular weight is 216 g/mol. The Labute approximate surface area is 90.4 Å². The van der Waals surface area contributed by atoms with Gasteiger partial charge in [-0.1, -0.05) is 0 Å². The molecule has 0 spiro atoms. The summed E-state index contributed by atoms with van der Waals surface area (Å²) in [5, 5.41) is 12.6. The second-order valence-electron chi connectivity index (χ2n) is 4.88. The molecule has 2 unspecified atom stereocenters. The standard InChI is InChI=1S/C10H20N2O3/c1-10(2,3)15-9(14)12(4)7-5-11-6-8(7)13/h7-8,11,13H,5-6H2,1-4H3.